The van der Waals surface area contributed by atoms with Crippen LogP contribution in [0.2, 0.25) is 0 Å². The molecule has 3 nitrogen and oxygen atoms in total. The summed E-state index contributed by atoms with van der Waals surface area (Å²) in [5.41, 5.74) is 2.68. The quantitative estimate of drug-likeness (QED) is 0.549. The van der Waals surface area contributed by atoms with Gasteiger partial charge in [-0.25, -0.2) is 4.98 Å². The van der Waals surface area contributed by atoms with E-state index in [0.29, 0.717) is 5.92 Å². The van der Waals surface area contributed by atoms with Crippen molar-refractivity contribution in [2.45, 2.75) is 19.8 Å². The highest BCUT2D eigenvalue weighted by Gasteiger charge is 2.10. The Hall–Kier alpha value is -1.64. The van der Waals surface area contributed by atoms with E-state index in [1.807, 2.05) is 18.3 Å². The minimum absolute atomic E-state index is 0.423. The Morgan fingerprint density at radius 1 is 1.43 bits per heavy atom. The van der Waals surface area contributed by atoms with Gasteiger partial charge in [0, 0.05) is 23.1 Å². The van der Waals surface area contributed by atoms with Crippen molar-refractivity contribution in [3.05, 3.63) is 36.2 Å². The Morgan fingerprint density at radius 2 is 2.21 bits per heavy atom. The van der Waals surface area contributed by atoms with Crippen LogP contribution in [0.3, 0.4) is 0 Å². The highest BCUT2D eigenvalue weighted by atomic mass is 16.5. The van der Waals surface area contributed by atoms with E-state index in [1.54, 1.807) is 12.3 Å². The molecule has 0 aliphatic rings. The van der Waals surface area contributed by atoms with Crippen LogP contribution in [0.5, 0.6) is 0 Å². The van der Waals surface area contributed by atoms with Gasteiger partial charge in [0.1, 0.15) is 5.52 Å². The summed E-state index contributed by atoms with van der Waals surface area (Å²) < 4.78 is 1.11. The molecule has 0 saturated heterocycles. The van der Waals surface area contributed by atoms with Crippen LogP contribution in [0.15, 0.2) is 30.6 Å². The van der Waals surface area contributed by atoms with Gasteiger partial charge in [0.2, 0.25) is 6.20 Å². The molecule has 2 aromatic rings. The number of pyridine rings is 2. The maximum Gasteiger partial charge on any atom is 0.283 e. The van der Waals surface area contributed by atoms with Crippen LogP contribution in [-0.4, -0.2) is 10.2 Å². The number of rotatable bonds is 1. The first-order valence-corrected chi connectivity index (χ1v) is 4.68. The van der Waals surface area contributed by atoms with Crippen molar-refractivity contribution >= 4 is 11.0 Å². The van der Waals surface area contributed by atoms with Crippen LogP contribution >= 0.6 is 0 Å². The lowest BCUT2D eigenvalue weighted by molar-refractivity contribution is -0.884. The molecular formula is C11H13N2O+. The maximum absolute atomic E-state index is 9.55. The molecule has 2 aromatic heterocycles. The number of aromatic nitrogens is 2. The molecule has 0 aliphatic heterocycles. The average Bonchev–Trinajstić information content (AvgIpc) is 2.18. The number of hydrogen-bond acceptors (Lipinski definition) is 2. The predicted molar refractivity (Wildman–Crippen MR) is 53.2 cm³/mol. The van der Waals surface area contributed by atoms with Gasteiger partial charge in [-0.3, -0.25) is 5.21 Å². The fraction of sp³-hybridized carbons (Fsp3) is 0.273. The third-order valence-corrected chi connectivity index (χ3v) is 2.31. The third-order valence-electron chi connectivity index (χ3n) is 2.31. The molecule has 0 aromatic carbocycles. The second kappa shape index (κ2) is 3.25. The molecule has 0 saturated carbocycles. The Kier molecular flexibility index (Phi) is 2.08. The summed E-state index contributed by atoms with van der Waals surface area (Å²) in [6, 6.07) is 5.61. The zero-order valence-electron chi connectivity index (χ0n) is 8.31. The third kappa shape index (κ3) is 1.41. The summed E-state index contributed by atoms with van der Waals surface area (Å²) in [4.78, 5) is 4.28. The van der Waals surface area contributed by atoms with Gasteiger partial charge in [-0.1, -0.05) is 13.8 Å². The van der Waals surface area contributed by atoms with Gasteiger partial charge in [-0.2, -0.15) is 0 Å². The lowest BCUT2D eigenvalue weighted by Gasteiger charge is -2.03. The maximum atomic E-state index is 9.55. The first kappa shape index (κ1) is 8.94. The highest BCUT2D eigenvalue weighted by molar-refractivity contribution is 5.70. The second-order valence-corrected chi connectivity index (χ2v) is 3.68. The molecule has 3 heteroatoms. The molecule has 0 bridgehead atoms. The Bertz CT molecular complexity index is 466. The van der Waals surface area contributed by atoms with Crippen molar-refractivity contribution in [1.82, 2.24) is 4.98 Å². The Morgan fingerprint density at radius 3 is 2.93 bits per heavy atom. The van der Waals surface area contributed by atoms with Crippen LogP contribution in [0.25, 0.3) is 11.0 Å². The van der Waals surface area contributed by atoms with Gasteiger partial charge >= 0.3 is 0 Å². The Balaban J connectivity index is 2.70. The predicted octanol–water partition coefficient (Wildman–Crippen LogP) is 1.88. The van der Waals surface area contributed by atoms with Crippen LogP contribution in [0.1, 0.15) is 25.3 Å². The van der Waals surface area contributed by atoms with E-state index in [1.165, 1.54) is 0 Å². The minimum atomic E-state index is 0.423. The molecule has 0 atom stereocenters. The molecule has 0 spiro atoms. The molecule has 0 unspecified atom stereocenters. The first-order chi connectivity index (χ1) is 6.68. The highest BCUT2D eigenvalue weighted by Crippen LogP contribution is 2.16. The standard InChI is InChI=1S/C11H13N2O/c1-8(2)9-6-11-10(12-7-9)4-3-5-13(11)14/h3-8,14H,1-2H3/q+1. The van der Waals surface area contributed by atoms with Crippen LogP contribution in [0, 0.1) is 0 Å². The topological polar surface area (TPSA) is 37.0 Å². The number of fused-ring (bicyclic) bond motifs is 1. The molecule has 0 radical (unpaired) electrons. The summed E-state index contributed by atoms with van der Waals surface area (Å²) >= 11 is 0. The van der Waals surface area contributed by atoms with Crippen molar-refractivity contribution in [1.29, 1.82) is 0 Å². The van der Waals surface area contributed by atoms with Crippen molar-refractivity contribution in [2.75, 3.05) is 0 Å². The fourth-order valence-corrected chi connectivity index (χ4v) is 1.40. The van der Waals surface area contributed by atoms with Crippen molar-refractivity contribution < 1.29 is 9.94 Å². The second-order valence-electron chi connectivity index (χ2n) is 3.68. The monoisotopic (exact) mass is 189 g/mol. The van der Waals surface area contributed by atoms with Crippen molar-refractivity contribution in [3.8, 4) is 0 Å². The van der Waals surface area contributed by atoms with Gasteiger partial charge in [0.25, 0.3) is 5.52 Å². The zero-order valence-corrected chi connectivity index (χ0v) is 8.31. The SMILES string of the molecule is CC(C)c1cnc2ccc[n+](O)c2c1. The minimum Gasteiger partial charge on any atom is -0.284 e. The smallest absolute Gasteiger partial charge is 0.283 e. The van der Waals surface area contributed by atoms with E-state index >= 15 is 0 Å². The van der Waals surface area contributed by atoms with E-state index in [-0.39, 0.29) is 0 Å². The number of nitrogens with zero attached hydrogens (tertiary/aromatic N) is 2. The molecule has 14 heavy (non-hydrogen) atoms. The molecule has 2 rings (SSSR count). The van der Waals surface area contributed by atoms with Crippen molar-refractivity contribution in [2.24, 2.45) is 0 Å². The first-order valence-electron chi connectivity index (χ1n) is 4.68. The van der Waals surface area contributed by atoms with E-state index in [0.717, 1.165) is 21.3 Å². The molecule has 72 valence electrons. The normalized spacial score (nSPS) is 11.1. The summed E-state index contributed by atoms with van der Waals surface area (Å²) in [5.74, 6) is 0.423. The van der Waals surface area contributed by atoms with Crippen LogP contribution in [0.4, 0.5) is 0 Å². The van der Waals surface area contributed by atoms with Gasteiger partial charge in [0.05, 0.1) is 0 Å². The van der Waals surface area contributed by atoms with Crippen LogP contribution in [-0.2, 0) is 0 Å². The largest absolute Gasteiger partial charge is 0.284 e. The van der Waals surface area contributed by atoms with E-state index < -0.39 is 0 Å². The lowest BCUT2D eigenvalue weighted by Crippen LogP contribution is -2.30. The summed E-state index contributed by atoms with van der Waals surface area (Å²) in [7, 11) is 0. The van der Waals surface area contributed by atoms with E-state index in [9.17, 15) is 5.21 Å². The van der Waals surface area contributed by atoms with Gasteiger partial charge < -0.3 is 0 Å². The molecule has 2 heterocycles. The molecule has 0 amide bonds. The molecular weight excluding hydrogens is 176 g/mol. The molecule has 0 fully saturated rings. The van der Waals surface area contributed by atoms with Crippen molar-refractivity contribution in [3.63, 3.8) is 0 Å². The van der Waals surface area contributed by atoms with E-state index in [4.69, 9.17) is 0 Å². The number of hydrogen-bond donors (Lipinski definition) is 1. The molecule has 1 N–H and O–H groups in total. The average molecular weight is 189 g/mol. The fourth-order valence-electron chi connectivity index (χ4n) is 1.40. The van der Waals surface area contributed by atoms with Gasteiger partial charge in [-0.05, 0) is 17.5 Å². The zero-order chi connectivity index (χ0) is 10.1. The summed E-state index contributed by atoms with van der Waals surface area (Å²) in [6.07, 6.45) is 3.46. The van der Waals surface area contributed by atoms with Gasteiger partial charge in [-0.15, -0.1) is 0 Å². The van der Waals surface area contributed by atoms with Crippen LogP contribution < -0.4 is 4.73 Å². The summed E-state index contributed by atoms with van der Waals surface area (Å²) in [5, 5.41) is 9.55. The lowest BCUT2D eigenvalue weighted by atomic mass is 10.1. The van der Waals surface area contributed by atoms with Gasteiger partial charge in [0.15, 0.2) is 0 Å². The summed E-state index contributed by atoms with van der Waals surface area (Å²) in [6.45, 7) is 4.21. The Labute approximate surface area is 82.6 Å². The molecule has 0 aliphatic carbocycles. The van der Waals surface area contributed by atoms with E-state index in [2.05, 4.69) is 18.8 Å².